The minimum Gasteiger partial charge on any atom is -0.377 e. The van der Waals surface area contributed by atoms with Crippen LogP contribution in [0.1, 0.15) is 18.4 Å². The number of hydrogen-bond donors (Lipinski definition) is 1. The zero-order valence-corrected chi connectivity index (χ0v) is 12.0. The van der Waals surface area contributed by atoms with E-state index < -0.39 is 0 Å². The summed E-state index contributed by atoms with van der Waals surface area (Å²) in [6.45, 7) is 6.88. The summed E-state index contributed by atoms with van der Waals surface area (Å²) in [7, 11) is 0. The molecule has 2 saturated heterocycles. The lowest BCUT2D eigenvalue weighted by Crippen LogP contribution is -2.48. The number of rotatable bonds is 4. The number of anilines is 1. The predicted octanol–water partition coefficient (Wildman–Crippen LogP) is 0.841. The molecule has 20 heavy (non-hydrogen) atoms. The lowest BCUT2D eigenvalue weighted by Gasteiger charge is -2.36. The molecular formula is C15H24N4O. The van der Waals surface area contributed by atoms with Crippen molar-refractivity contribution in [3.05, 3.63) is 23.9 Å². The molecular weight excluding hydrogens is 252 g/mol. The number of pyridine rings is 1. The van der Waals surface area contributed by atoms with Crippen molar-refractivity contribution in [2.75, 3.05) is 44.2 Å². The average Bonchev–Trinajstić information content (AvgIpc) is 3.01. The first-order chi connectivity index (χ1) is 9.85. The molecule has 0 aliphatic carbocycles. The number of nitrogens with zero attached hydrogens (tertiary/aromatic N) is 3. The van der Waals surface area contributed by atoms with Gasteiger partial charge in [0.1, 0.15) is 5.82 Å². The normalized spacial score (nSPS) is 24.2. The molecule has 2 aliphatic rings. The minimum absolute atomic E-state index is 0.462. The fraction of sp³-hybridized carbons (Fsp3) is 0.667. The second-order valence-electron chi connectivity index (χ2n) is 5.65. The third kappa shape index (κ3) is 3.29. The highest BCUT2D eigenvalue weighted by molar-refractivity contribution is 5.39. The van der Waals surface area contributed by atoms with Gasteiger partial charge < -0.3 is 15.4 Å². The summed E-state index contributed by atoms with van der Waals surface area (Å²) >= 11 is 0. The number of aromatic nitrogens is 1. The molecule has 0 radical (unpaired) electrons. The Labute approximate surface area is 120 Å². The van der Waals surface area contributed by atoms with E-state index >= 15 is 0 Å². The van der Waals surface area contributed by atoms with Crippen LogP contribution in [0.15, 0.2) is 18.3 Å². The van der Waals surface area contributed by atoms with Crippen molar-refractivity contribution >= 4 is 5.82 Å². The molecule has 0 saturated carbocycles. The first-order valence-electron chi connectivity index (χ1n) is 7.59. The van der Waals surface area contributed by atoms with E-state index in [0.717, 1.165) is 50.7 Å². The zero-order valence-electron chi connectivity index (χ0n) is 12.0. The highest BCUT2D eigenvalue weighted by atomic mass is 16.5. The maximum atomic E-state index is 5.71. The predicted molar refractivity (Wildman–Crippen MR) is 79.8 cm³/mol. The van der Waals surface area contributed by atoms with E-state index in [0.29, 0.717) is 12.6 Å². The fourth-order valence-electron chi connectivity index (χ4n) is 2.96. The van der Waals surface area contributed by atoms with Crippen molar-refractivity contribution in [1.29, 1.82) is 0 Å². The van der Waals surface area contributed by atoms with Crippen LogP contribution in [0, 0.1) is 0 Å². The third-order valence-corrected chi connectivity index (χ3v) is 4.23. The van der Waals surface area contributed by atoms with Gasteiger partial charge in [0.25, 0.3) is 0 Å². The molecule has 3 rings (SSSR count). The number of hydrogen-bond acceptors (Lipinski definition) is 5. The molecule has 5 heteroatoms. The van der Waals surface area contributed by atoms with Crippen LogP contribution in [0.2, 0.25) is 0 Å². The van der Waals surface area contributed by atoms with Crippen molar-refractivity contribution in [2.45, 2.75) is 25.5 Å². The molecule has 1 aromatic rings. The molecule has 1 unspecified atom stereocenters. The summed E-state index contributed by atoms with van der Waals surface area (Å²) in [6, 6.07) is 4.15. The van der Waals surface area contributed by atoms with E-state index in [1.54, 1.807) is 0 Å². The summed E-state index contributed by atoms with van der Waals surface area (Å²) in [5.41, 5.74) is 6.69. The Hall–Kier alpha value is -1.17. The van der Waals surface area contributed by atoms with Crippen LogP contribution in [0.4, 0.5) is 5.82 Å². The molecule has 1 aromatic heterocycles. The summed E-state index contributed by atoms with van der Waals surface area (Å²) in [5, 5.41) is 0. The standard InChI is InChI=1S/C15H24N4O/c16-10-13-3-4-15(17-11-13)19-7-5-18(6-8-19)12-14-2-1-9-20-14/h3-4,11,14H,1-2,5-10,12,16H2. The molecule has 0 amide bonds. The van der Waals surface area contributed by atoms with Gasteiger partial charge in [-0.15, -0.1) is 0 Å². The van der Waals surface area contributed by atoms with Crippen molar-refractivity contribution < 1.29 is 4.74 Å². The van der Waals surface area contributed by atoms with Crippen LogP contribution < -0.4 is 10.6 Å². The van der Waals surface area contributed by atoms with E-state index in [1.807, 2.05) is 6.20 Å². The van der Waals surface area contributed by atoms with Crippen LogP contribution >= 0.6 is 0 Å². The van der Waals surface area contributed by atoms with E-state index in [1.165, 1.54) is 12.8 Å². The Kier molecular flexibility index (Phi) is 4.50. The Balaban J connectivity index is 1.49. The van der Waals surface area contributed by atoms with Gasteiger partial charge in [-0.2, -0.15) is 0 Å². The van der Waals surface area contributed by atoms with Crippen LogP contribution in [0.25, 0.3) is 0 Å². The molecule has 5 nitrogen and oxygen atoms in total. The topological polar surface area (TPSA) is 54.6 Å². The Morgan fingerprint density at radius 2 is 2.10 bits per heavy atom. The highest BCUT2D eigenvalue weighted by Gasteiger charge is 2.23. The molecule has 2 aliphatic heterocycles. The van der Waals surface area contributed by atoms with Crippen LogP contribution in [0.3, 0.4) is 0 Å². The van der Waals surface area contributed by atoms with Gasteiger partial charge in [0.05, 0.1) is 6.10 Å². The first kappa shape index (κ1) is 13.8. The number of ether oxygens (including phenoxy) is 1. The van der Waals surface area contributed by atoms with Gasteiger partial charge in [-0.05, 0) is 24.5 Å². The van der Waals surface area contributed by atoms with Crippen molar-refractivity contribution in [3.8, 4) is 0 Å². The van der Waals surface area contributed by atoms with Gasteiger partial charge in [-0.1, -0.05) is 6.07 Å². The van der Waals surface area contributed by atoms with Gasteiger partial charge in [0.2, 0.25) is 0 Å². The largest absolute Gasteiger partial charge is 0.377 e. The van der Waals surface area contributed by atoms with E-state index in [4.69, 9.17) is 10.5 Å². The Bertz CT molecular complexity index is 408. The zero-order chi connectivity index (χ0) is 13.8. The Morgan fingerprint density at radius 1 is 1.25 bits per heavy atom. The summed E-state index contributed by atoms with van der Waals surface area (Å²) in [6.07, 6.45) is 4.79. The van der Waals surface area contributed by atoms with Crippen LogP contribution in [-0.4, -0.2) is 55.3 Å². The quantitative estimate of drug-likeness (QED) is 0.883. The molecule has 2 fully saturated rings. The number of nitrogens with two attached hydrogens (primary N) is 1. The SMILES string of the molecule is NCc1ccc(N2CCN(CC3CCCO3)CC2)nc1. The molecule has 3 heterocycles. The maximum Gasteiger partial charge on any atom is 0.128 e. The van der Waals surface area contributed by atoms with Crippen LogP contribution in [0.5, 0.6) is 0 Å². The molecule has 0 aromatic carbocycles. The first-order valence-corrected chi connectivity index (χ1v) is 7.59. The monoisotopic (exact) mass is 276 g/mol. The van der Waals surface area contributed by atoms with Gasteiger partial charge in [-0.25, -0.2) is 4.98 Å². The molecule has 110 valence electrons. The summed E-state index contributed by atoms with van der Waals surface area (Å²) in [4.78, 5) is 9.37. The van der Waals surface area contributed by atoms with Gasteiger partial charge >= 0.3 is 0 Å². The van der Waals surface area contributed by atoms with Crippen molar-refractivity contribution in [2.24, 2.45) is 5.73 Å². The van der Waals surface area contributed by atoms with E-state index in [-0.39, 0.29) is 0 Å². The molecule has 0 bridgehead atoms. The number of piperazine rings is 1. The fourth-order valence-corrected chi connectivity index (χ4v) is 2.96. The summed E-state index contributed by atoms with van der Waals surface area (Å²) in [5.74, 6) is 1.07. The third-order valence-electron chi connectivity index (χ3n) is 4.23. The second kappa shape index (κ2) is 6.52. The molecule has 1 atom stereocenters. The van der Waals surface area contributed by atoms with Gasteiger partial charge in [-0.3, -0.25) is 4.90 Å². The maximum absolute atomic E-state index is 5.71. The lowest BCUT2D eigenvalue weighted by molar-refractivity contribution is 0.0712. The van der Waals surface area contributed by atoms with Crippen molar-refractivity contribution in [1.82, 2.24) is 9.88 Å². The molecule has 2 N–H and O–H groups in total. The van der Waals surface area contributed by atoms with E-state index in [9.17, 15) is 0 Å². The second-order valence-corrected chi connectivity index (χ2v) is 5.65. The van der Waals surface area contributed by atoms with Crippen molar-refractivity contribution in [3.63, 3.8) is 0 Å². The van der Waals surface area contributed by atoms with Gasteiger partial charge in [0, 0.05) is 52.1 Å². The van der Waals surface area contributed by atoms with Crippen LogP contribution in [-0.2, 0) is 11.3 Å². The Morgan fingerprint density at radius 3 is 2.70 bits per heavy atom. The smallest absolute Gasteiger partial charge is 0.128 e. The lowest BCUT2D eigenvalue weighted by atomic mass is 10.2. The molecule has 0 spiro atoms. The van der Waals surface area contributed by atoms with E-state index in [2.05, 4.69) is 26.9 Å². The highest BCUT2D eigenvalue weighted by Crippen LogP contribution is 2.17. The van der Waals surface area contributed by atoms with Gasteiger partial charge in [0.15, 0.2) is 0 Å². The average molecular weight is 276 g/mol. The minimum atomic E-state index is 0.462. The summed E-state index contributed by atoms with van der Waals surface area (Å²) < 4.78 is 5.71.